The Morgan fingerprint density at radius 1 is 1.16 bits per heavy atom. The average molecular weight is 270 g/mol. The number of nitrogens with zero attached hydrogens (tertiary/aromatic N) is 1. The van der Waals surface area contributed by atoms with Crippen molar-refractivity contribution in [2.24, 2.45) is 5.11 Å². The third kappa shape index (κ3) is 9.73. The molecule has 0 spiro atoms. The van der Waals surface area contributed by atoms with Crippen LogP contribution in [0, 0.1) is 5.53 Å². The first kappa shape index (κ1) is 18.2. The summed E-state index contributed by atoms with van der Waals surface area (Å²) in [7, 11) is 0. The molecule has 0 aromatic heterocycles. The van der Waals surface area contributed by atoms with Crippen molar-refractivity contribution in [1.29, 1.82) is 5.53 Å². The van der Waals surface area contributed by atoms with E-state index in [9.17, 15) is 4.79 Å². The largest absolute Gasteiger partial charge is 0.310 e. The number of rotatable bonds is 10. The third-order valence-corrected chi connectivity index (χ3v) is 3.05. The molecule has 5 heteroatoms. The van der Waals surface area contributed by atoms with Crippen LogP contribution in [0.4, 0.5) is 0 Å². The molecule has 19 heavy (non-hydrogen) atoms. The van der Waals surface area contributed by atoms with Crippen LogP contribution < -0.4 is 10.6 Å². The van der Waals surface area contributed by atoms with Crippen LogP contribution in [-0.4, -0.2) is 36.0 Å². The zero-order valence-electron chi connectivity index (χ0n) is 13.3. The van der Waals surface area contributed by atoms with Gasteiger partial charge in [0.1, 0.15) is 5.78 Å². The van der Waals surface area contributed by atoms with Crippen LogP contribution in [0.25, 0.3) is 0 Å². The van der Waals surface area contributed by atoms with Gasteiger partial charge in [-0.1, -0.05) is 0 Å². The van der Waals surface area contributed by atoms with Crippen molar-refractivity contribution in [1.82, 2.24) is 10.6 Å². The van der Waals surface area contributed by atoms with Crippen LogP contribution >= 0.6 is 0 Å². The quantitative estimate of drug-likeness (QED) is 0.421. The molecule has 0 saturated carbocycles. The molecule has 0 amide bonds. The Balaban J connectivity index is 3.96. The SMILES string of the molecule is CC(=O)CC(C)(C)NCCNC(C)(C)CC(C)N=N. The van der Waals surface area contributed by atoms with E-state index < -0.39 is 0 Å². The second-order valence-electron chi connectivity index (χ2n) is 6.68. The first-order chi connectivity index (χ1) is 8.58. The second kappa shape index (κ2) is 7.70. The summed E-state index contributed by atoms with van der Waals surface area (Å²) in [5.41, 5.74) is 6.82. The Morgan fingerprint density at radius 2 is 1.63 bits per heavy atom. The Morgan fingerprint density at radius 3 is 2.05 bits per heavy atom. The fraction of sp³-hybridized carbons (Fsp3) is 0.929. The molecular formula is C14H30N4O. The molecule has 3 N–H and O–H groups in total. The first-order valence-corrected chi connectivity index (χ1v) is 6.94. The van der Waals surface area contributed by atoms with E-state index in [0.717, 1.165) is 19.5 Å². The van der Waals surface area contributed by atoms with Crippen molar-refractivity contribution in [3.05, 3.63) is 0 Å². The molecule has 0 aromatic carbocycles. The van der Waals surface area contributed by atoms with E-state index in [0.29, 0.717) is 6.42 Å². The van der Waals surface area contributed by atoms with E-state index in [1.807, 2.05) is 20.8 Å². The number of carbonyl (C=O) groups excluding carboxylic acids is 1. The van der Waals surface area contributed by atoms with Gasteiger partial charge in [-0.25, -0.2) is 5.53 Å². The van der Waals surface area contributed by atoms with Gasteiger partial charge in [-0.3, -0.25) is 4.79 Å². The lowest BCUT2D eigenvalue weighted by atomic mass is 9.96. The minimum absolute atomic E-state index is 0.0314. The Labute approximate surface area is 117 Å². The lowest BCUT2D eigenvalue weighted by molar-refractivity contribution is -0.118. The van der Waals surface area contributed by atoms with Crippen molar-refractivity contribution in [3.63, 3.8) is 0 Å². The maximum absolute atomic E-state index is 11.1. The molecule has 0 aliphatic rings. The van der Waals surface area contributed by atoms with Crippen molar-refractivity contribution in [2.75, 3.05) is 13.1 Å². The van der Waals surface area contributed by atoms with Crippen LogP contribution in [0.2, 0.25) is 0 Å². The zero-order valence-corrected chi connectivity index (χ0v) is 13.3. The van der Waals surface area contributed by atoms with E-state index in [1.165, 1.54) is 0 Å². The number of hydrogen-bond acceptors (Lipinski definition) is 5. The lowest BCUT2D eigenvalue weighted by Gasteiger charge is -2.30. The van der Waals surface area contributed by atoms with Crippen LogP contribution in [-0.2, 0) is 4.79 Å². The zero-order chi connectivity index (χ0) is 15.1. The van der Waals surface area contributed by atoms with Gasteiger partial charge in [0.2, 0.25) is 0 Å². The smallest absolute Gasteiger partial charge is 0.131 e. The van der Waals surface area contributed by atoms with Gasteiger partial charge in [0.15, 0.2) is 0 Å². The summed E-state index contributed by atoms with van der Waals surface area (Å²) in [5.74, 6) is 0.205. The molecule has 5 nitrogen and oxygen atoms in total. The Hall–Kier alpha value is -0.810. The summed E-state index contributed by atoms with van der Waals surface area (Å²) in [5, 5.41) is 10.4. The summed E-state index contributed by atoms with van der Waals surface area (Å²) < 4.78 is 0. The molecule has 0 aromatic rings. The third-order valence-electron chi connectivity index (χ3n) is 3.05. The van der Waals surface area contributed by atoms with Crippen LogP contribution in [0.3, 0.4) is 0 Å². The van der Waals surface area contributed by atoms with Crippen molar-refractivity contribution in [3.8, 4) is 0 Å². The molecule has 0 aliphatic heterocycles. The highest BCUT2D eigenvalue weighted by Crippen LogP contribution is 2.13. The van der Waals surface area contributed by atoms with Gasteiger partial charge in [-0.15, -0.1) is 0 Å². The number of carbonyl (C=O) groups is 1. The molecule has 0 fully saturated rings. The van der Waals surface area contributed by atoms with E-state index in [1.54, 1.807) is 6.92 Å². The predicted octanol–water partition coefficient (Wildman–Crippen LogP) is 2.51. The van der Waals surface area contributed by atoms with E-state index >= 15 is 0 Å². The molecule has 0 saturated heterocycles. The summed E-state index contributed by atoms with van der Waals surface area (Å²) in [6.45, 7) is 13.5. The first-order valence-electron chi connectivity index (χ1n) is 6.94. The minimum Gasteiger partial charge on any atom is -0.310 e. The predicted molar refractivity (Wildman–Crippen MR) is 78.7 cm³/mol. The highest BCUT2D eigenvalue weighted by molar-refractivity contribution is 5.76. The second-order valence-corrected chi connectivity index (χ2v) is 6.68. The van der Waals surface area contributed by atoms with Gasteiger partial charge in [0.05, 0.1) is 6.04 Å². The Bertz CT molecular complexity index is 300. The molecular weight excluding hydrogens is 240 g/mol. The fourth-order valence-electron chi connectivity index (χ4n) is 2.34. The van der Waals surface area contributed by atoms with Gasteiger partial charge in [0, 0.05) is 30.6 Å². The van der Waals surface area contributed by atoms with E-state index in [4.69, 9.17) is 5.53 Å². The molecule has 0 radical (unpaired) electrons. The topological polar surface area (TPSA) is 77.3 Å². The number of hydrogen-bond donors (Lipinski definition) is 3. The molecule has 0 aliphatic carbocycles. The van der Waals surface area contributed by atoms with Crippen molar-refractivity contribution < 1.29 is 4.79 Å². The number of Topliss-reactive ketones (excluding diaryl/α,β-unsaturated/α-hetero) is 1. The molecule has 1 atom stereocenters. The van der Waals surface area contributed by atoms with Gasteiger partial charge in [0.25, 0.3) is 0 Å². The lowest BCUT2D eigenvalue weighted by Crippen LogP contribution is -2.48. The van der Waals surface area contributed by atoms with Gasteiger partial charge in [-0.05, 0) is 48.0 Å². The summed E-state index contributed by atoms with van der Waals surface area (Å²) in [4.78, 5) is 11.1. The highest BCUT2D eigenvalue weighted by Gasteiger charge is 2.21. The average Bonchev–Trinajstić information content (AvgIpc) is 2.22. The molecule has 1 unspecified atom stereocenters. The maximum atomic E-state index is 11.1. The fourth-order valence-corrected chi connectivity index (χ4v) is 2.34. The maximum Gasteiger partial charge on any atom is 0.131 e. The van der Waals surface area contributed by atoms with Crippen molar-refractivity contribution >= 4 is 5.78 Å². The summed E-state index contributed by atoms with van der Waals surface area (Å²) in [6, 6.07) is 0.0459. The summed E-state index contributed by atoms with van der Waals surface area (Å²) in [6.07, 6.45) is 1.39. The number of ketones is 1. The van der Waals surface area contributed by atoms with Crippen LogP contribution in [0.15, 0.2) is 5.11 Å². The monoisotopic (exact) mass is 270 g/mol. The van der Waals surface area contributed by atoms with Gasteiger partial charge >= 0.3 is 0 Å². The summed E-state index contributed by atoms with van der Waals surface area (Å²) >= 11 is 0. The molecule has 0 heterocycles. The molecule has 0 rings (SSSR count). The Kier molecular flexibility index (Phi) is 7.37. The van der Waals surface area contributed by atoms with Gasteiger partial charge in [-0.2, -0.15) is 5.11 Å². The van der Waals surface area contributed by atoms with Crippen LogP contribution in [0.1, 0.15) is 54.4 Å². The van der Waals surface area contributed by atoms with E-state index in [-0.39, 0.29) is 22.9 Å². The standard InChI is InChI=1S/C14H30N4O/c1-11(18-15)9-13(3,4)16-7-8-17-14(5,6)10-12(2)19/h11,15-17H,7-10H2,1-6H3. The van der Waals surface area contributed by atoms with Crippen LogP contribution in [0.5, 0.6) is 0 Å². The molecule has 0 bridgehead atoms. The number of nitrogens with one attached hydrogen (secondary N) is 3. The molecule has 112 valence electrons. The van der Waals surface area contributed by atoms with Crippen molar-refractivity contribution in [2.45, 2.75) is 71.5 Å². The minimum atomic E-state index is -0.151. The van der Waals surface area contributed by atoms with E-state index in [2.05, 4.69) is 29.6 Å². The normalized spacial score (nSPS) is 14.2. The highest BCUT2D eigenvalue weighted by atomic mass is 16.1. The van der Waals surface area contributed by atoms with Gasteiger partial charge < -0.3 is 10.6 Å².